The predicted molar refractivity (Wildman–Crippen MR) is 130 cm³/mol. The van der Waals surface area contributed by atoms with Gasteiger partial charge in [-0.15, -0.1) is 0 Å². The van der Waals surface area contributed by atoms with Crippen molar-refractivity contribution in [2.75, 3.05) is 39.2 Å². The lowest BCUT2D eigenvalue weighted by Gasteiger charge is -2.36. The number of ether oxygens (including phenoxy) is 2. The molecule has 0 spiro atoms. The molecule has 0 saturated heterocycles. The summed E-state index contributed by atoms with van der Waals surface area (Å²) in [6.07, 6.45) is 1.56. The zero-order chi connectivity index (χ0) is 25.0. The average molecular weight is 475 g/mol. The number of anilines is 1. The number of hydrogen-bond acceptors (Lipinski definition) is 5. The summed E-state index contributed by atoms with van der Waals surface area (Å²) in [5.74, 6) is 0.227. The average Bonchev–Trinajstić information content (AvgIpc) is 3.63. The highest BCUT2D eigenvalue weighted by Gasteiger charge is 2.32. The maximum Gasteiger partial charge on any atom is 0.317 e. The lowest BCUT2D eigenvalue weighted by Crippen LogP contribution is -2.52. The molecule has 2 N–H and O–H groups in total. The Hall–Kier alpha value is -2.81. The van der Waals surface area contributed by atoms with Crippen molar-refractivity contribution in [2.24, 2.45) is 11.8 Å². The normalized spacial score (nSPS) is 24.0. The zero-order valence-corrected chi connectivity index (χ0v) is 21.1. The zero-order valence-electron chi connectivity index (χ0n) is 21.1. The molecule has 1 aromatic rings. The Balaban J connectivity index is 1.92. The van der Waals surface area contributed by atoms with Gasteiger partial charge in [-0.3, -0.25) is 9.59 Å². The SMILES string of the molecule is CO[C@@H]1CN(C)C(=O)c2ccc(NC(=O)C3CC3)cc2OC[C@@H](C)N(C(=O)NC(C)C)C[C@@H]1C. The fourth-order valence-corrected chi connectivity index (χ4v) is 4.05. The van der Waals surface area contributed by atoms with E-state index in [4.69, 9.17) is 9.47 Å². The van der Waals surface area contributed by atoms with E-state index >= 15 is 0 Å². The van der Waals surface area contributed by atoms with Gasteiger partial charge < -0.3 is 29.9 Å². The highest BCUT2D eigenvalue weighted by Crippen LogP contribution is 2.32. The van der Waals surface area contributed by atoms with E-state index in [0.717, 1.165) is 12.8 Å². The van der Waals surface area contributed by atoms with Crippen LogP contribution in [0.1, 0.15) is 50.9 Å². The smallest absolute Gasteiger partial charge is 0.317 e. The van der Waals surface area contributed by atoms with Crippen molar-refractivity contribution in [3.8, 4) is 5.75 Å². The molecule has 1 fully saturated rings. The standard InChI is InChI=1S/C25H38N4O5/c1-15(2)26-25(32)29-12-16(3)22(33-6)13-28(5)24(31)20-10-9-19(27-23(30)18-7-8-18)11-21(20)34-14-17(29)4/h9-11,15-18,22H,7-8,12-14H2,1-6H3,(H,26,32)(H,27,30)/t16-,17+,22+/m0/s1. The summed E-state index contributed by atoms with van der Waals surface area (Å²) >= 11 is 0. The number of nitrogens with one attached hydrogen (secondary N) is 2. The molecule has 3 rings (SSSR count). The number of fused-ring (bicyclic) bond motifs is 1. The molecule has 1 heterocycles. The Labute approximate surface area is 202 Å². The van der Waals surface area contributed by atoms with E-state index in [1.165, 1.54) is 0 Å². The quantitative estimate of drug-likeness (QED) is 0.699. The van der Waals surface area contributed by atoms with Crippen LogP contribution < -0.4 is 15.4 Å². The number of benzene rings is 1. The Morgan fingerprint density at radius 3 is 2.50 bits per heavy atom. The molecule has 2 aliphatic rings. The molecule has 188 valence electrons. The van der Waals surface area contributed by atoms with Crippen LogP contribution in [-0.4, -0.2) is 79.7 Å². The first-order valence-corrected chi connectivity index (χ1v) is 12.0. The van der Waals surface area contributed by atoms with Crippen molar-refractivity contribution < 1.29 is 23.9 Å². The summed E-state index contributed by atoms with van der Waals surface area (Å²) in [6, 6.07) is 4.67. The summed E-state index contributed by atoms with van der Waals surface area (Å²) in [7, 11) is 3.35. The first kappa shape index (κ1) is 25.8. The molecule has 1 aliphatic carbocycles. The maximum absolute atomic E-state index is 13.3. The molecule has 0 unspecified atom stereocenters. The second-order valence-electron chi connectivity index (χ2n) is 9.83. The number of rotatable bonds is 4. The van der Waals surface area contributed by atoms with Gasteiger partial charge in [-0.25, -0.2) is 4.79 Å². The molecule has 0 bridgehead atoms. The second kappa shape index (κ2) is 11.1. The van der Waals surface area contributed by atoms with Crippen LogP contribution in [0.3, 0.4) is 0 Å². The van der Waals surface area contributed by atoms with Crippen LogP contribution in [0, 0.1) is 11.8 Å². The number of carbonyl (C=O) groups excluding carboxylic acids is 3. The summed E-state index contributed by atoms with van der Waals surface area (Å²) in [5.41, 5.74) is 0.990. The number of urea groups is 1. The van der Waals surface area contributed by atoms with E-state index < -0.39 is 0 Å². The minimum atomic E-state index is -0.261. The lowest BCUT2D eigenvalue weighted by atomic mass is 10.0. The highest BCUT2D eigenvalue weighted by molar-refractivity contribution is 5.99. The Morgan fingerprint density at radius 1 is 1.18 bits per heavy atom. The highest BCUT2D eigenvalue weighted by atomic mass is 16.5. The van der Waals surface area contributed by atoms with E-state index in [9.17, 15) is 14.4 Å². The van der Waals surface area contributed by atoms with Gasteiger partial charge in [0.05, 0.1) is 17.7 Å². The van der Waals surface area contributed by atoms with Crippen molar-refractivity contribution in [3.63, 3.8) is 0 Å². The molecule has 1 aromatic carbocycles. The van der Waals surface area contributed by atoms with Gasteiger partial charge in [-0.2, -0.15) is 0 Å². The van der Waals surface area contributed by atoms with Gasteiger partial charge in [0.15, 0.2) is 0 Å². The lowest BCUT2D eigenvalue weighted by molar-refractivity contribution is -0.117. The molecular weight excluding hydrogens is 436 g/mol. The summed E-state index contributed by atoms with van der Waals surface area (Å²) in [5, 5.41) is 5.88. The van der Waals surface area contributed by atoms with E-state index in [1.54, 1.807) is 42.2 Å². The van der Waals surface area contributed by atoms with Crippen LogP contribution in [-0.2, 0) is 9.53 Å². The number of likely N-dealkylation sites (N-methyl/N-ethyl adjacent to an activating group) is 1. The minimum Gasteiger partial charge on any atom is -0.491 e. The molecule has 9 nitrogen and oxygen atoms in total. The largest absolute Gasteiger partial charge is 0.491 e. The molecule has 3 atom stereocenters. The van der Waals surface area contributed by atoms with Crippen molar-refractivity contribution >= 4 is 23.5 Å². The van der Waals surface area contributed by atoms with Gasteiger partial charge in [0.1, 0.15) is 12.4 Å². The monoisotopic (exact) mass is 474 g/mol. The summed E-state index contributed by atoms with van der Waals surface area (Å²) in [4.78, 5) is 41.9. The number of nitrogens with zero attached hydrogens (tertiary/aromatic N) is 2. The van der Waals surface area contributed by atoms with Crippen LogP contribution in [0.4, 0.5) is 10.5 Å². The first-order chi connectivity index (χ1) is 16.1. The van der Waals surface area contributed by atoms with Crippen molar-refractivity contribution in [2.45, 2.75) is 58.7 Å². The fourth-order valence-electron chi connectivity index (χ4n) is 4.05. The summed E-state index contributed by atoms with van der Waals surface area (Å²) < 4.78 is 11.8. The topological polar surface area (TPSA) is 100 Å². The van der Waals surface area contributed by atoms with Crippen LogP contribution >= 0.6 is 0 Å². The van der Waals surface area contributed by atoms with Crippen LogP contribution in [0.15, 0.2) is 18.2 Å². The second-order valence-corrected chi connectivity index (χ2v) is 9.83. The maximum atomic E-state index is 13.3. The van der Waals surface area contributed by atoms with Crippen molar-refractivity contribution in [1.29, 1.82) is 0 Å². The van der Waals surface area contributed by atoms with Crippen molar-refractivity contribution in [3.05, 3.63) is 23.8 Å². The first-order valence-electron chi connectivity index (χ1n) is 12.0. The van der Waals surface area contributed by atoms with Crippen LogP contribution in [0.5, 0.6) is 5.75 Å². The van der Waals surface area contributed by atoms with Gasteiger partial charge in [0, 0.05) is 56.9 Å². The van der Waals surface area contributed by atoms with E-state index in [-0.39, 0.29) is 54.5 Å². The van der Waals surface area contributed by atoms with Gasteiger partial charge in [-0.1, -0.05) is 6.92 Å². The number of amides is 4. The Morgan fingerprint density at radius 2 is 1.88 bits per heavy atom. The third-order valence-corrected chi connectivity index (χ3v) is 6.34. The van der Waals surface area contributed by atoms with E-state index in [0.29, 0.717) is 30.1 Å². The Kier molecular flexibility index (Phi) is 8.41. The molecule has 9 heteroatoms. The summed E-state index contributed by atoms with van der Waals surface area (Å²) in [6.45, 7) is 8.80. The molecular formula is C25H38N4O5. The van der Waals surface area contributed by atoms with Crippen LogP contribution in [0.2, 0.25) is 0 Å². The molecule has 1 aliphatic heterocycles. The molecule has 0 radical (unpaired) electrons. The predicted octanol–water partition coefficient (Wildman–Crippen LogP) is 2.96. The minimum absolute atomic E-state index is 0.00218. The third-order valence-electron chi connectivity index (χ3n) is 6.34. The number of hydrogen-bond donors (Lipinski definition) is 2. The van der Waals surface area contributed by atoms with Gasteiger partial charge in [-0.05, 0) is 45.7 Å². The van der Waals surface area contributed by atoms with Gasteiger partial charge >= 0.3 is 6.03 Å². The molecule has 34 heavy (non-hydrogen) atoms. The Bertz CT molecular complexity index is 901. The van der Waals surface area contributed by atoms with Gasteiger partial charge in [0.25, 0.3) is 5.91 Å². The fraction of sp³-hybridized carbons (Fsp3) is 0.640. The number of carbonyl (C=O) groups is 3. The molecule has 1 saturated carbocycles. The number of methoxy groups -OCH3 is 1. The van der Waals surface area contributed by atoms with Crippen molar-refractivity contribution in [1.82, 2.24) is 15.1 Å². The molecule has 0 aromatic heterocycles. The van der Waals surface area contributed by atoms with Gasteiger partial charge in [0.2, 0.25) is 5.91 Å². The van der Waals surface area contributed by atoms with E-state index in [1.807, 2.05) is 27.7 Å². The molecule has 4 amide bonds. The van der Waals surface area contributed by atoms with E-state index in [2.05, 4.69) is 10.6 Å². The van der Waals surface area contributed by atoms with Crippen LogP contribution in [0.25, 0.3) is 0 Å². The third kappa shape index (κ3) is 6.40.